The zero-order chi connectivity index (χ0) is 16.4. The first-order valence-electron chi connectivity index (χ1n) is 6.52. The lowest BCUT2D eigenvalue weighted by molar-refractivity contribution is -0.275. The Bertz CT molecular complexity index is 484. The Morgan fingerprint density at radius 2 is 1.71 bits per heavy atom. The maximum Gasteiger partial charge on any atom is 0.573 e. The van der Waals surface area contributed by atoms with Crippen molar-refractivity contribution in [2.24, 2.45) is 5.41 Å². The Kier molecular flexibility index (Phi) is 5.33. The molecule has 0 aromatic heterocycles. The minimum atomic E-state index is -4.75. The van der Waals surface area contributed by atoms with Gasteiger partial charge in [-0.15, -0.1) is 13.2 Å². The van der Waals surface area contributed by atoms with Crippen LogP contribution in [-0.4, -0.2) is 15.4 Å². The number of nitrogen functional groups attached to an aromatic ring is 1. The molecule has 1 radical (unpaired) electrons. The molecule has 1 aromatic rings. The van der Waals surface area contributed by atoms with E-state index < -0.39 is 21.5 Å². The topological polar surface area (TPSA) is 44.5 Å². The van der Waals surface area contributed by atoms with Gasteiger partial charge in [-0.05, 0) is 36.7 Å². The van der Waals surface area contributed by atoms with Gasteiger partial charge in [0.1, 0.15) is 5.75 Å². The molecule has 0 aliphatic rings. The van der Waals surface area contributed by atoms with Crippen LogP contribution in [0.1, 0.15) is 32.4 Å². The minimum absolute atomic E-state index is 0.264. The Balaban J connectivity index is 3.31. The van der Waals surface area contributed by atoms with Gasteiger partial charge >= 0.3 is 6.36 Å². The first-order chi connectivity index (χ1) is 9.40. The zero-order valence-electron chi connectivity index (χ0n) is 12.8. The number of anilines is 1. The van der Waals surface area contributed by atoms with Crippen LogP contribution in [0.15, 0.2) is 18.2 Å². The third-order valence-corrected chi connectivity index (χ3v) is 3.39. The van der Waals surface area contributed by atoms with Crippen LogP contribution in [0.25, 0.3) is 0 Å². The third-order valence-electron chi connectivity index (χ3n) is 2.68. The van der Waals surface area contributed by atoms with Gasteiger partial charge in [0.25, 0.3) is 0 Å². The summed E-state index contributed by atoms with van der Waals surface area (Å²) in [6.07, 6.45) is -5.28. The van der Waals surface area contributed by atoms with E-state index in [1.807, 2.05) is 33.9 Å². The maximum atomic E-state index is 12.6. The second-order valence-electron chi connectivity index (χ2n) is 6.12. The molecule has 1 atom stereocenters. The fourth-order valence-corrected chi connectivity index (χ4v) is 2.88. The van der Waals surface area contributed by atoms with E-state index in [4.69, 9.17) is 10.2 Å². The molecule has 0 bridgehead atoms. The van der Waals surface area contributed by atoms with Crippen LogP contribution in [0.3, 0.4) is 0 Å². The summed E-state index contributed by atoms with van der Waals surface area (Å²) in [5.41, 5.74) is 6.03. The number of rotatable bonds is 4. The van der Waals surface area contributed by atoms with Crippen molar-refractivity contribution in [3.63, 3.8) is 0 Å². The molecule has 21 heavy (non-hydrogen) atoms. The summed E-state index contributed by atoms with van der Waals surface area (Å²) >= 11 is 0. The van der Waals surface area contributed by atoms with E-state index in [0.29, 0.717) is 11.3 Å². The van der Waals surface area contributed by atoms with Gasteiger partial charge < -0.3 is 14.9 Å². The van der Waals surface area contributed by atoms with Crippen LogP contribution < -0.4 is 10.5 Å². The van der Waals surface area contributed by atoms with Crippen molar-refractivity contribution in [3.05, 3.63) is 23.8 Å². The van der Waals surface area contributed by atoms with Crippen LogP contribution >= 0.6 is 0 Å². The molecule has 3 nitrogen and oxygen atoms in total. The summed E-state index contributed by atoms with van der Waals surface area (Å²) in [6.45, 7) is 9.58. The molecule has 0 aliphatic heterocycles. The van der Waals surface area contributed by atoms with Crippen LogP contribution in [-0.2, 0) is 4.43 Å². The quantitative estimate of drug-likeness (QED) is 0.655. The fourth-order valence-electron chi connectivity index (χ4n) is 1.93. The Morgan fingerprint density at radius 3 is 2.14 bits per heavy atom. The van der Waals surface area contributed by atoms with Crippen LogP contribution in [0.5, 0.6) is 5.75 Å². The monoisotopic (exact) mass is 320 g/mol. The molecule has 0 amide bonds. The fraction of sp³-hybridized carbons (Fsp3) is 0.571. The van der Waals surface area contributed by atoms with Crippen molar-refractivity contribution in [1.82, 2.24) is 0 Å². The number of nitrogens with two attached hydrogens (primary N) is 1. The molecular weight excluding hydrogens is 299 g/mol. The molecular formula is C14H21F3NO2Si. The highest BCUT2D eigenvalue weighted by atomic mass is 28.3. The average Bonchev–Trinajstić information content (AvgIpc) is 2.25. The van der Waals surface area contributed by atoms with Gasteiger partial charge in [-0.3, -0.25) is 0 Å². The van der Waals surface area contributed by atoms with Crippen molar-refractivity contribution in [1.29, 1.82) is 0 Å². The average molecular weight is 320 g/mol. The smallest absolute Gasteiger partial charge is 0.410 e. The Morgan fingerprint density at radius 1 is 1.14 bits per heavy atom. The number of hydrogen-bond acceptors (Lipinski definition) is 3. The van der Waals surface area contributed by atoms with E-state index in [2.05, 4.69) is 4.74 Å². The summed E-state index contributed by atoms with van der Waals surface area (Å²) in [6, 6.07) is 4.10. The molecule has 119 valence electrons. The normalized spacial score (nSPS) is 14.3. The SMILES string of the molecule is C[Si](C)OC(c1cc(N)ccc1OC(F)(F)F)C(C)(C)C. The van der Waals surface area contributed by atoms with Crippen LogP contribution in [0.4, 0.5) is 18.9 Å². The molecule has 0 heterocycles. The summed E-state index contributed by atoms with van der Waals surface area (Å²) in [5.74, 6) is -0.264. The van der Waals surface area contributed by atoms with Crippen molar-refractivity contribution in [3.8, 4) is 5.75 Å². The molecule has 0 fully saturated rings. The predicted molar refractivity (Wildman–Crippen MR) is 78.3 cm³/mol. The standard InChI is InChI=1S/C14H21F3NO2Si/c1-13(2,3)12(20-21(4)5)10-8-9(18)6-7-11(10)19-14(15,16)17/h6-8,12H,18H2,1-5H3. The lowest BCUT2D eigenvalue weighted by atomic mass is 9.84. The number of benzene rings is 1. The molecule has 0 saturated carbocycles. The number of alkyl halides is 3. The first-order valence-corrected chi connectivity index (χ1v) is 8.93. The number of ether oxygens (including phenoxy) is 1. The highest BCUT2D eigenvalue weighted by molar-refractivity contribution is 6.48. The molecule has 0 spiro atoms. The van der Waals surface area contributed by atoms with Gasteiger partial charge in [-0.25, -0.2) is 0 Å². The van der Waals surface area contributed by atoms with Crippen LogP contribution in [0.2, 0.25) is 13.1 Å². The van der Waals surface area contributed by atoms with Gasteiger partial charge in [0.2, 0.25) is 9.04 Å². The zero-order valence-corrected chi connectivity index (χ0v) is 13.8. The number of hydrogen-bond donors (Lipinski definition) is 1. The lowest BCUT2D eigenvalue weighted by Gasteiger charge is -2.34. The van der Waals surface area contributed by atoms with Crippen molar-refractivity contribution in [2.75, 3.05) is 5.73 Å². The van der Waals surface area contributed by atoms with E-state index >= 15 is 0 Å². The summed E-state index contributed by atoms with van der Waals surface area (Å²) in [7, 11) is -1.11. The highest BCUT2D eigenvalue weighted by Gasteiger charge is 2.36. The van der Waals surface area contributed by atoms with E-state index in [-0.39, 0.29) is 11.2 Å². The summed E-state index contributed by atoms with van der Waals surface area (Å²) < 4.78 is 47.7. The summed E-state index contributed by atoms with van der Waals surface area (Å²) in [4.78, 5) is 0. The Hall–Kier alpha value is -1.21. The molecule has 0 saturated heterocycles. The van der Waals surface area contributed by atoms with E-state index in [1.165, 1.54) is 18.2 Å². The van der Waals surface area contributed by atoms with Crippen LogP contribution in [0, 0.1) is 5.41 Å². The summed E-state index contributed by atoms with van der Waals surface area (Å²) in [5, 5.41) is 0. The number of halogens is 3. The second-order valence-corrected chi connectivity index (χ2v) is 8.17. The largest absolute Gasteiger partial charge is 0.573 e. The second kappa shape index (κ2) is 6.27. The first kappa shape index (κ1) is 17.8. The van der Waals surface area contributed by atoms with Gasteiger partial charge in [-0.1, -0.05) is 20.8 Å². The van der Waals surface area contributed by atoms with Gasteiger partial charge in [0.15, 0.2) is 0 Å². The van der Waals surface area contributed by atoms with E-state index in [0.717, 1.165) is 0 Å². The Labute approximate surface area is 125 Å². The van der Waals surface area contributed by atoms with Gasteiger partial charge in [0, 0.05) is 11.3 Å². The van der Waals surface area contributed by atoms with Gasteiger partial charge in [0.05, 0.1) is 6.10 Å². The third kappa shape index (κ3) is 5.59. The van der Waals surface area contributed by atoms with Crippen molar-refractivity contribution < 1.29 is 22.3 Å². The molecule has 1 aromatic carbocycles. The van der Waals surface area contributed by atoms with Crippen molar-refractivity contribution in [2.45, 2.75) is 46.3 Å². The molecule has 1 rings (SSSR count). The molecule has 7 heteroatoms. The lowest BCUT2D eigenvalue weighted by Crippen LogP contribution is -2.27. The minimum Gasteiger partial charge on any atom is -0.410 e. The van der Waals surface area contributed by atoms with E-state index in [1.54, 1.807) is 0 Å². The predicted octanol–water partition coefficient (Wildman–Crippen LogP) is 4.52. The molecule has 2 N–H and O–H groups in total. The molecule has 0 aliphatic carbocycles. The molecule has 1 unspecified atom stereocenters. The van der Waals surface area contributed by atoms with E-state index in [9.17, 15) is 13.2 Å². The highest BCUT2D eigenvalue weighted by Crippen LogP contribution is 2.42. The maximum absolute atomic E-state index is 12.6. The van der Waals surface area contributed by atoms with Gasteiger partial charge in [-0.2, -0.15) is 0 Å². The van der Waals surface area contributed by atoms with Crippen molar-refractivity contribution >= 4 is 14.7 Å².